The van der Waals surface area contributed by atoms with Gasteiger partial charge < -0.3 is 54.6 Å². The Balaban J connectivity index is 1.22. The zero-order valence-electron chi connectivity index (χ0n) is 34.5. The maximum absolute atomic E-state index is 14.3. The van der Waals surface area contributed by atoms with E-state index in [-0.39, 0.29) is 83.0 Å². The molecule has 19 heteroatoms. The van der Waals surface area contributed by atoms with E-state index in [2.05, 4.69) is 5.32 Å². The molecule has 3 aromatic carbocycles. The van der Waals surface area contributed by atoms with E-state index in [1.54, 1.807) is 59.2 Å². The van der Waals surface area contributed by atoms with Gasteiger partial charge in [-0.05, 0) is 55.8 Å². The Labute approximate surface area is 367 Å². The molecule has 2 aliphatic heterocycles. The van der Waals surface area contributed by atoms with Gasteiger partial charge in [-0.15, -0.1) is 0 Å². The van der Waals surface area contributed by atoms with E-state index in [1.165, 1.54) is 0 Å². The lowest BCUT2D eigenvalue weighted by Gasteiger charge is -2.41. The van der Waals surface area contributed by atoms with Gasteiger partial charge in [-0.2, -0.15) is 5.10 Å². The standard InChI is InChI=1S/C43H49Cl2N5O12/c1-42(2)22-61-14-10-49(42)41(56)39-33-21-62-35-20-34(57-3)31(19-32(35)40(33)50(48-39)30-17-27(44)16-28(45)18-30)26-5-4-6-29(15-26)47-36(51)7-11-58-23-43(46,24-59-12-8-37(52)53)25-60-13-9-38(54)55/h4-6,15-20H,7-14,21-25,46H2,1-3H3,(H,47,51)(H,52,53)(H,54,55). The van der Waals surface area contributed by atoms with Gasteiger partial charge in [0.25, 0.3) is 5.91 Å². The average Bonchev–Trinajstić information content (AvgIpc) is 3.62. The Kier molecular flexibility index (Phi) is 15.1. The van der Waals surface area contributed by atoms with Gasteiger partial charge >= 0.3 is 11.9 Å². The minimum absolute atomic E-state index is 0.0191. The van der Waals surface area contributed by atoms with Gasteiger partial charge in [0.15, 0.2) is 5.69 Å². The summed E-state index contributed by atoms with van der Waals surface area (Å²) in [6.07, 6.45) is -0.492. The number of carboxylic acids is 2. The number of anilines is 1. The summed E-state index contributed by atoms with van der Waals surface area (Å²) < 4.78 is 36.1. The molecule has 0 unspecified atom stereocenters. The summed E-state index contributed by atoms with van der Waals surface area (Å²) in [4.78, 5) is 51.0. The monoisotopic (exact) mass is 897 g/mol. The molecule has 3 heterocycles. The van der Waals surface area contributed by atoms with Gasteiger partial charge in [0.1, 0.15) is 18.1 Å². The van der Waals surface area contributed by atoms with E-state index < -0.39 is 23.0 Å². The molecule has 62 heavy (non-hydrogen) atoms. The molecule has 0 radical (unpaired) electrons. The predicted molar refractivity (Wildman–Crippen MR) is 228 cm³/mol. The van der Waals surface area contributed by atoms with Crippen LogP contribution < -0.4 is 20.5 Å². The second kappa shape index (κ2) is 20.3. The van der Waals surface area contributed by atoms with Crippen LogP contribution in [-0.4, -0.2) is 126 Å². The van der Waals surface area contributed by atoms with E-state index >= 15 is 0 Å². The number of fused-ring (bicyclic) bond motifs is 3. The molecular weight excluding hydrogens is 849 g/mol. The van der Waals surface area contributed by atoms with Crippen LogP contribution in [0.1, 0.15) is 49.2 Å². The third-order valence-corrected chi connectivity index (χ3v) is 10.6. The third-order valence-electron chi connectivity index (χ3n) is 10.1. The lowest BCUT2D eigenvalue weighted by Crippen LogP contribution is -2.55. The Morgan fingerprint density at radius 1 is 0.903 bits per heavy atom. The van der Waals surface area contributed by atoms with Crippen molar-refractivity contribution in [1.29, 1.82) is 0 Å². The number of nitrogens with zero attached hydrogens (tertiary/aromatic N) is 3. The van der Waals surface area contributed by atoms with Crippen molar-refractivity contribution in [3.05, 3.63) is 75.9 Å². The molecule has 5 N–H and O–H groups in total. The second-order valence-electron chi connectivity index (χ2n) is 15.6. The second-order valence-corrected chi connectivity index (χ2v) is 16.4. The number of morpholine rings is 1. The molecule has 6 rings (SSSR count). The minimum atomic E-state index is -1.23. The maximum Gasteiger partial charge on any atom is 0.305 e. The summed E-state index contributed by atoms with van der Waals surface area (Å²) in [5.74, 6) is -1.68. The van der Waals surface area contributed by atoms with Crippen molar-refractivity contribution in [2.24, 2.45) is 5.73 Å². The Morgan fingerprint density at radius 2 is 1.55 bits per heavy atom. The van der Waals surface area contributed by atoms with Crippen LogP contribution in [0.15, 0.2) is 54.6 Å². The molecule has 1 saturated heterocycles. The lowest BCUT2D eigenvalue weighted by atomic mass is 9.95. The van der Waals surface area contributed by atoms with E-state index in [4.69, 9.17) is 72.7 Å². The van der Waals surface area contributed by atoms with Crippen LogP contribution in [0, 0.1) is 0 Å². The highest BCUT2D eigenvalue weighted by molar-refractivity contribution is 6.34. The van der Waals surface area contributed by atoms with Crippen molar-refractivity contribution < 1.29 is 57.8 Å². The van der Waals surface area contributed by atoms with Crippen molar-refractivity contribution in [2.75, 3.05) is 71.8 Å². The fourth-order valence-electron chi connectivity index (χ4n) is 7.08. The first-order valence-electron chi connectivity index (χ1n) is 19.8. The number of carboxylic acid groups (broad SMARTS) is 2. The zero-order chi connectivity index (χ0) is 44.6. The van der Waals surface area contributed by atoms with Crippen LogP contribution in [0.2, 0.25) is 10.0 Å². The molecule has 0 saturated carbocycles. The summed E-state index contributed by atoms with van der Waals surface area (Å²) in [7, 11) is 1.55. The summed E-state index contributed by atoms with van der Waals surface area (Å²) >= 11 is 13.0. The number of rotatable bonds is 20. The molecule has 17 nitrogen and oxygen atoms in total. The smallest absolute Gasteiger partial charge is 0.305 e. The molecule has 0 aliphatic carbocycles. The number of aromatic nitrogens is 2. The molecule has 0 spiro atoms. The Hall–Kier alpha value is -5.27. The third kappa shape index (κ3) is 11.4. The van der Waals surface area contributed by atoms with E-state index in [9.17, 15) is 19.2 Å². The molecular formula is C43H49Cl2N5O12. The average molecular weight is 899 g/mol. The first kappa shape index (κ1) is 46.2. The number of benzene rings is 3. The molecule has 332 valence electrons. The maximum atomic E-state index is 14.3. The normalized spacial score (nSPS) is 14.4. The highest BCUT2D eigenvalue weighted by atomic mass is 35.5. The van der Waals surface area contributed by atoms with E-state index in [1.807, 2.05) is 26.0 Å². The summed E-state index contributed by atoms with van der Waals surface area (Å²) in [6, 6.07) is 15.9. The van der Waals surface area contributed by atoms with Crippen LogP contribution in [-0.2, 0) is 39.9 Å². The summed E-state index contributed by atoms with van der Waals surface area (Å²) in [6.45, 7) is 4.59. The van der Waals surface area contributed by atoms with E-state index in [0.717, 1.165) is 0 Å². The number of ether oxygens (including phenoxy) is 6. The van der Waals surface area contributed by atoms with Crippen LogP contribution in [0.5, 0.6) is 11.5 Å². The summed E-state index contributed by atoms with van der Waals surface area (Å²) in [5.41, 5.74) is 9.09. The number of aliphatic carboxylic acids is 2. The summed E-state index contributed by atoms with van der Waals surface area (Å²) in [5, 5.41) is 26.4. The lowest BCUT2D eigenvalue weighted by molar-refractivity contribution is -0.139. The van der Waals surface area contributed by atoms with Gasteiger partial charge in [0.05, 0.1) is 102 Å². The quantitative estimate of drug-likeness (QED) is 0.0783. The number of methoxy groups -OCH3 is 1. The van der Waals surface area contributed by atoms with Gasteiger partial charge in [-0.3, -0.25) is 19.2 Å². The largest absolute Gasteiger partial charge is 0.496 e. The van der Waals surface area contributed by atoms with Gasteiger partial charge in [0, 0.05) is 45.0 Å². The minimum Gasteiger partial charge on any atom is -0.496 e. The highest BCUT2D eigenvalue weighted by Crippen LogP contribution is 2.47. The molecule has 2 aliphatic rings. The number of hydrogen-bond acceptors (Lipinski definition) is 12. The van der Waals surface area contributed by atoms with Crippen molar-refractivity contribution in [1.82, 2.24) is 14.7 Å². The fraction of sp³-hybridized carbons (Fsp3) is 0.419. The molecule has 2 amide bonds. The number of carbonyl (C=O) groups is 4. The Morgan fingerprint density at radius 3 is 2.16 bits per heavy atom. The van der Waals surface area contributed by atoms with Gasteiger partial charge in [0.2, 0.25) is 5.91 Å². The Bertz CT molecular complexity index is 2260. The predicted octanol–water partition coefficient (Wildman–Crippen LogP) is 5.69. The van der Waals surface area contributed by atoms with Crippen LogP contribution in [0.3, 0.4) is 0 Å². The van der Waals surface area contributed by atoms with Crippen molar-refractivity contribution in [3.63, 3.8) is 0 Å². The number of hydrogen-bond donors (Lipinski definition) is 4. The van der Waals surface area contributed by atoms with Gasteiger partial charge in [-0.1, -0.05) is 35.3 Å². The number of carbonyl (C=O) groups excluding carboxylic acids is 2. The molecule has 1 aromatic heterocycles. The molecule has 0 atom stereocenters. The zero-order valence-corrected chi connectivity index (χ0v) is 36.1. The molecule has 1 fully saturated rings. The molecule has 0 bridgehead atoms. The van der Waals surface area contributed by atoms with E-state index in [0.29, 0.717) is 80.6 Å². The van der Waals surface area contributed by atoms with Gasteiger partial charge in [-0.25, -0.2) is 4.68 Å². The number of nitrogens with one attached hydrogen (secondary N) is 1. The number of amides is 2. The molecule has 4 aromatic rings. The van der Waals surface area contributed by atoms with Crippen LogP contribution in [0.4, 0.5) is 5.69 Å². The van der Waals surface area contributed by atoms with Crippen molar-refractivity contribution in [2.45, 2.75) is 50.8 Å². The first-order chi connectivity index (χ1) is 29.6. The fourth-order valence-corrected chi connectivity index (χ4v) is 7.59. The SMILES string of the molecule is COc1cc2c(cc1-c1cccc(NC(=O)CCOCC(N)(COCCC(=O)O)COCCC(=O)O)c1)-c1c(c(C(=O)N3CCOCC3(C)C)nn1-c1cc(Cl)cc(Cl)c1)CO2. The van der Waals surface area contributed by atoms with Crippen LogP contribution >= 0.6 is 23.2 Å². The number of nitrogens with two attached hydrogens (primary N) is 1. The topological polar surface area (TPSA) is 223 Å². The number of halogens is 2. The van der Waals surface area contributed by atoms with Crippen LogP contribution in [0.25, 0.3) is 28.1 Å². The first-order valence-corrected chi connectivity index (χ1v) is 20.5. The van der Waals surface area contributed by atoms with Crippen molar-refractivity contribution in [3.8, 4) is 39.6 Å². The highest BCUT2D eigenvalue weighted by Gasteiger charge is 2.39. The van der Waals surface area contributed by atoms with Crippen molar-refractivity contribution >= 4 is 52.6 Å².